The van der Waals surface area contributed by atoms with Crippen LogP contribution in [-0.2, 0) is 0 Å². The van der Waals surface area contributed by atoms with Gasteiger partial charge in [0.1, 0.15) is 0 Å². The van der Waals surface area contributed by atoms with Crippen molar-refractivity contribution in [2.45, 2.75) is 0 Å². The van der Waals surface area contributed by atoms with Gasteiger partial charge in [-0.05, 0) is 74.5 Å². The zero-order valence-electron chi connectivity index (χ0n) is 26.3. The molecule has 0 aliphatic carbocycles. The number of nitrogens with zero attached hydrogens (tertiary/aromatic N) is 1. The highest BCUT2D eigenvalue weighted by Gasteiger charge is 2.19. The maximum atomic E-state index is 2.42. The minimum atomic E-state index is 1.12. The first-order valence-electron chi connectivity index (χ1n) is 16.4. The Morgan fingerprint density at radius 2 is 0.792 bits per heavy atom. The summed E-state index contributed by atoms with van der Waals surface area (Å²) in [5.74, 6) is 0. The lowest BCUT2D eigenvalue weighted by Gasteiger charge is -2.26. The quantitative estimate of drug-likeness (QED) is 0.177. The fourth-order valence-electron chi connectivity index (χ4n) is 6.95. The van der Waals surface area contributed by atoms with Gasteiger partial charge in [0.15, 0.2) is 0 Å². The fourth-order valence-corrected chi connectivity index (χ4v) is 8.29. The van der Waals surface area contributed by atoms with Gasteiger partial charge in [-0.25, -0.2) is 0 Å². The van der Waals surface area contributed by atoms with E-state index in [0.29, 0.717) is 0 Å². The second kappa shape index (κ2) is 12.0. The van der Waals surface area contributed by atoms with Crippen LogP contribution in [0.25, 0.3) is 64.3 Å². The summed E-state index contributed by atoms with van der Waals surface area (Å²) in [5, 5.41) is 5.10. The maximum absolute atomic E-state index is 2.42. The van der Waals surface area contributed by atoms with E-state index in [1.54, 1.807) is 0 Å². The number of hydrogen-bond acceptors (Lipinski definition) is 2. The molecule has 0 aliphatic heterocycles. The summed E-state index contributed by atoms with van der Waals surface area (Å²) in [6.07, 6.45) is 0. The van der Waals surface area contributed by atoms with Crippen LogP contribution in [-0.4, -0.2) is 0 Å². The number of fused-ring (bicyclic) bond motifs is 4. The molecule has 226 valence electrons. The maximum Gasteiger partial charge on any atom is 0.0640 e. The van der Waals surface area contributed by atoms with Crippen LogP contribution >= 0.6 is 11.3 Å². The zero-order valence-corrected chi connectivity index (χ0v) is 27.1. The first kappa shape index (κ1) is 28.3. The normalized spacial score (nSPS) is 11.3. The Hall–Kier alpha value is -5.96. The molecular weight excluding hydrogens is 599 g/mol. The Labute approximate surface area is 284 Å². The first-order valence-corrected chi connectivity index (χ1v) is 17.2. The molecular formula is C46H31NS. The number of thiophene rings is 1. The molecule has 9 rings (SSSR count). The number of rotatable bonds is 6. The van der Waals surface area contributed by atoms with Crippen molar-refractivity contribution in [1.82, 2.24) is 0 Å². The van der Waals surface area contributed by atoms with E-state index >= 15 is 0 Å². The van der Waals surface area contributed by atoms with Crippen LogP contribution in [0, 0.1) is 0 Å². The van der Waals surface area contributed by atoms with E-state index in [-0.39, 0.29) is 0 Å². The standard InChI is InChI=1S/C46H31NS/c1-3-12-32(13-4-1)33-24-28-37(29-25-33)47(38-30-26-36(27-31-38)40-19-9-17-34-16-7-8-18-39(34)40)44-23-11-22-43-42-21-10-20-41(45(42)48-46(43)44)35-14-5-2-6-15-35/h1-31H. The summed E-state index contributed by atoms with van der Waals surface area (Å²) in [6.45, 7) is 0. The van der Waals surface area contributed by atoms with E-state index in [0.717, 1.165) is 11.4 Å². The molecule has 0 bridgehead atoms. The summed E-state index contributed by atoms with van der Waals surface area (Å²) in [7, 11) is 0. The largest absolute Gasteiger partial charge is 0.309 e. The molecule has 0 unspecified atom stereocenters. The number of benzene rings is 8. The number of hydrogen-bond donors (Lipinski definition) is 0. The van der Waals surface area contributed by atoms with Crippen LogP contribution in [0.3, 0.4) is 0 Å². The lowest BCUT2D eigenvalue weighted by molar-refractivity contribution is 1.30. The van der Waals surface area contributed by atoms with E-state index in [1.807, 2.05) is 11.3 Å². The molecule has 0 saturated carbocycles. The molecule has 1 aromatic heterocycles. The van der Waals surface area contributed by atoms with Gasteiger partial charge in [0, 0.05) is 26.8 Å². The molecule has 0 atom stereocenters. The second-order valence-electron chi connectivity index (χ2n) is 12.1. The third-order valence-electron chi connectivity index (χ3n) is 9.29. The predicted molar refractivity (Wildman–Crippen MR) is 208 cm³/mol. The molecule has 0 fully saturated rings. The van der Waals surface area contributed by atoms with Crippen molar-refractivity contribution in [2.24, 2.45) is 0 Å². The Bertz CT molecular complexity index is 2530. The molecule has 48 heavy (non-hydrogen) atoms. The van der Waals surface area contributed by atoms with Crippen LogP contribution in [0.2, 0.25) is 0 Å². The highest BCUT2D eigenvalue weighted by atomic mass is 32.1. The molecule has 0 radical (unpaired) electrons. The third-order valence-corrected chi connectivity index (χ3v) is 10.6. The van der Waals surface area contributed by atoms with Crippen molar-refractivity contribution >= 4 is 59.3 Å². The first-order chi connectivity index (χ1) is 23.8. The van der Waals surface area contributed by atoms with Crippen molar-refractivity contribution in [1.29, 1.82) is 0 Å². The SMILES string of the molecule is c1ccc(-c2ccc(N(c3ccc(-c4cccc5ccccc45)cc3)c3cccc4c3sc3c(-c5ccccc5)cccc34)cc2)cc1. The Morgan fingerprint density at radius 1 is 0.312 bits per heavy atom. The molecule has 0 amide bonds. The third kappa shape index (κ3) is 4.95. The van der Waals surface area contributed by atoms with Crippen LogP contribution in [0.15, 0.2) is 188 Å². The molecule has 0 spiro atoms. The Kier molecular flexibility index (Phi) is 7.07. The van der Waals surface area contributed by atoms with Gasteiger partial charge >= 0.3 is 0 Å². The summed E-state index contributed by atoms with van der Waals surface area (Å²) in [6, 6.07) is 68.0. The average molecular weight is 630 g/mol. The minimum absolute atomic E-state index is 1.12. The monoisotopic (exact) mass is 629 g/mol. The molecule has 9 aromatic rings. The molecule has 8 aromatic carbocycles. The van der Waals surface area contributed by atoms with Crippen molar-refractivity contribution in [3.8, 4) is 33.4 Å². The fraction of sp³-hybridized carbons (Fsp3) is 0. The smallest absolute Gasteiger partial charge is 0.0640 e. The van der Waals surface area contributed by atoms with E-state index < -0.39 is 0 Å². The predicted octanol–water partition coefficient (Wildman–Crippen LogP) is 13.7. The molecule has 0 N–H and O–H groups in total. The van der Waals surface area contributed by atoms with Gasteiger partial charge in [0.2, 0.25) is 0 Å². The summed E-state index contributed by atoms with van der Waals surface area (Å²) < 4.78 is 2.60. The average Bonchev–Trinajstić information content (AvgIpc) is 3.56. The van der Waals surface area contributed by atoms with E-state index in [2.05, 4.69) is 193 Å². The summed E-state index contributed by atoms with van der Waals surface area (Å²) in [4.78, 5) is 2.42. The van der Waals surface area contributed by atoms with Gasteiger partial charge < -0.3 is 4.90 Å². The van der Waals surface area contributed by atoms with E-state index in [1.165, 1.54) is 70.0 Å². The minimum Gasteiger partial charge on any atom is -0.309 e. The van der Waals surface area contributed by atoms with E-state index in [9.17, 15) is 0 Å². The second-order valence-corrected chi connectivity index (χ2v) is 13.1. The Balaban J connectivity index is 1.22. The van der Waals surface area contributed by atoms with Crippen LogP contribution in [0.5, 0.6) is 0 Å². The van der Waals surface area contributed by atoms with Gasteiger partial charge in [-0.1, -0.05) is 158 Å². The highest BCUT2D eigenvalue weighted by molar-refractivity contribution is 7.27. The van der Waals surface area contributed by atoms with Crippen molar-refractivity contribution in [3.05, 3.63) is 188 Å². The number of anilines is 3. The lowest BCUT2D eigenvalue weighted by atomic mass is 9.98. The van der Waals surface area contributed by atoms with Gasteiger partial charge in [-0.2, -0.15) is 0 Å². The van der Waals surface area contributed by atoms with E-state index in [4.69, 9.17) is 0 Å². The van der Waals surface area contributed by atoms with Crippen molar-refractivity contribution in [3.63, 3.8) is 0 Å². The van der Waals surface area contributed by atoms with Crippen LogP contribution in [0.1, 0.15) is 0 Å². The molecule has 1 nitrogen and oxygen atoms in total. The van der Waals surface area contributed by atoms with Gasteiger partial charge in [0.05, 0.1) is 10.4 Å². The van der Waals surface area contributed by atoms with Crippen molar-refractivity contribution < 1.29 is 0 Å². The topological polar surface area (TPSA) is 3.24 Å². The molecule has 0 saturated heterocycles. The summed E-state index contributed by atoms with van der Waals surface area (Å²) in [5.41, 5.74) is 10.8. The lowest BCUT2D eigenvalue weighted by Crippen LogP contribution is -2.10. The molecule has 2 heteroatoms. The van der Waals surface area contributed by atoms with Gasteiger partial charge in [-0.15, -0.1) is 11.3 Å². The van der Waals surface area contributed by atoms with Crippen LogP contribution in [0.4, 0.5) is 17.1 Å². The zero-order chi connectivity index (χ0) is 31.9. The highest BCUT2D eigenvalue weighted by Crippen LogP contribution is 2.47. The Morgan fingerprint density at radius 3 is 1.52 bits per heavy atom. The van der Waals surface area contributed by atoms with Gasteiger partial charge in [-0.3, -0.25) is 0 Å². The molecule has 1 heterocycles. The van der Waals surface area contributed by atoms with Gasteiger partial charge in [0.25, 0.3) is 0 Å². The van der Waals surface area contributed by atoms with Crippen LogP contribution < -0.4 is 4.90 Å². The van der Waals surface area contributed by atoms with Crippen molar-refractivity contribution in [2.75, 3.05) is 4.90 Å². The molecule has 0 aliphatic rings. The summed E-state index contributed by atoms with van der Waals surface area (Å²) >= 11 is 1.89.